The summed E-state index contributed by atoms with van der Waals surface area (Å²) in [7, 11) is 0. The van der Waals surface area contributed by atoms with Crippen LogP contribution in [-0.2, 0) is 4.79 Å². The number of hydrogen-bond acceptors (Lipinski definition) is 3. The Hall–Kier alpha value is -4.04. The molecule has 2 N–H and O–H groups in total. The van der Waals surface area contributed by atoms with Crippen LogP contribution in [-0.4, -0.2) is 32.0 Å². The Kier molecular flexibility index (Phi) is 6.77. The second-order valence-corrected chi connectivity index (χ2v) is 9.16. The molecule has 1 saturated heterocycles. The van der Waals surface area contributed by atoms with Gasteiger partial charge in [-0.3, -0.25) is 9.78 Å². The standard InChI is InChI=1S/C28H26FN5OS/c1-19-7-4-9-21(17-19)31-25(35)13-16-34-27(26(32-28(34)36)23-11-2-3-14-30-23)24-12-6-15-33(24)22-10-5-8-20(29)18-22/h2-12,14-15,17-18,26-27H,13,16H2,1H3,(H,31,35)(H,32,36). The second-order valence-electron chi connectivity index (χ2n) is 8.77. The maximum atomic E-state index is 14.1. The summed E-state index contributed by atoms with van der Waals surface area (Å²) in [5, 5.41) is 6.92. The van der Waals surface area contributed by atoms with Crippen molar-refractivity contribution in [2.45, 2.75) is 25.4 Å². The number of rotatable bonds is 7. The number of amides is 1. The number of anilines is 1. The Morgan fingerprint density at radius 3 is 2.72 bits per heavy atom. The average Bonchev–Trinajstić information content (AvgIpc) is 3.47. The fourth-order valence-electron chi connectivity index (χ4n) is 4.63. The summed E-state index contributed by atoms with van der Waals surface area (Å²) in [4.78, 5) is 19.4. The first-order valence-electron chi connectivity index (χ1n) is 11.8. The molecular weight excluding hydrogens is 473 g/mol. The molecule has 4 aromatic rings. The molecule has 8 heteroatoms. The Bertz CT molecular complexity index is 1390. The predicted octanol–water partition coefficient (Wildman–Crippen LogP) is 5.32. The van der Waals surface area contributed by atoms with Gasteiger partial charge in [-0.15, -0.1) is 0 Å². The molecular formula is C28H26FN5OS. The number of halogens is 1. The van der Waals surface area contributed by atoms with Gasteiger partial charge in [0.1, 0.15) is 5.82 Å². The number of benzene rings is 2. The van der Waals surface area contributed by atoms with E-state index in [4.69, 9.17) is 12.2 Å². The molecule has 1 aliphatic rings. The maximum Gasteiger partial charge on any atom is 0.226 e. The second kappa shape index (κ2) is 10.3. The van der Waals surface area contributed by atoms with E-state index in [0.29, 0.717) is 17.3 Å². The van der Waals surface area contributed by atoms with E-state index < -0.39 is 0 Å². The quantitative estimate of drug-likeness (QED) is 0.337. The lowest BCUT2D eigenvalue weighted by Crippen LogP contribution is -2.33. The van der Waals surface area contributed by atoms with E-state index in [1.54, 1.807) is 12.3 Å². The molecule has 0 saturated carbocycles. The molecule has 2 aromatic heterocycles. The summed E-state index contributed by atoms with van der Waals surface area (Å²) in [6.07, 6.45) is 3.91. The predicted molar refractivity (Wildman–Crippen MR) is 142 cm³/mol. The monoisotopic (exact) mass is 499 g/mol. The van der Waals surface area contributed by atoms with Gasteiger partial charge in [0, 0.05) is 42.4 Å². The molecule has 2 unspecified atom stereocenters. The van der Waals surface area contributed by atoms with Crippen molar-refractivity contribution < 1.29 is 9.18 Å². The highest BCUT2D eigenvalue weighted by molar-refractivity contribution is 7.80. The highest BCUT2D eigenvalue weighted by Gasteiger charge is 2.41. The van der Waals surface area contributed by atoms with Crippen molar-refractivity contribution in [1.29, 1.82) is 0 Å². The van der Waals surface area contributed by atoms with Gasteiger partial charge in [0.15, 0.2) is 5.11 Å². The number of nitrogens with zero attached hydrogens (tertiary/aromatic N) is 3. The highest BCUT2D eigenvalue weighted by atomic mass is 32.1. The van der Waals surface area contributed by atoms with Crippen LogP contribution >= 0.6 is 12.2 Å². The number of thiocarbonyl (C=S) groups is 1. The van der Waals surface area contributed by atoms with E-state index in [0.717, 1.165) is 22.6 Å². The Morgan fingerprint density at radius 2 is 1.94 bits per heavy atom. The van der Waals surface area contributed by atoms with E-state index in [1.807, 2.05) is 83.3 Å². The molecule has 6 nitrogen and oxygen atoms in total. The summed E-state index contributed by atoms with van der Waals surface area (Å²) < 4.78 is 16.0. The molecule has 3 heterocycles. The lowest BCUT2D eigenvalue weighted by Gasteiger charge is -2.28. The molecule has 2 aromatic carbocycles. The summed E-state index contributed by atoms with van der Waals surface area (Å²) in [5.74, 6) is -0.401. The molecule has 2 atom stereocenters. The lowest BCUT2D eigenvalue weighted by atomic mass is 10.0. The molecule has 0 bridgehead atoms. The van der Waals surface area contributed by atoms with E-state index in [2.05, 4.69) is 15.6 Å². The fraction of sp³-hybridized carbons (Fsp3) is 0.179. The van der Waals surface area contributed by atoms with E-state index in [9.17, 15) is 9.18 Å². The van der Waals surface area contributed by atoms with Crippen molar-refractivity contribution in [1.82, 2.24) is 19.8 Å². The van der Waals surface area contributed by atoms with Crippen molar-refractivity contribution in [3.63, 3.8) is 0 Å². The van der Waals surface area contributed by atoms with Crippen LogP contribution in [0, 0.1) is 12.7 Å². The van der Waals surface area contributed by atoms with Crippen molar-refractivity contribution >= 4 is 28.9 Å². The summed E-state index contributed by atoms with van der Waals surface area (Å²) in [6, 6.07) is 23.4. The normalized spacial score (nSPS) is 17.2. The van der Waals surface area contributed by atoms with E-state index in [-0.39, 0.29) is 30.2 Å². The van der Waals surface area contributed by atoms with Gasteiger partial charge in [0.05, 0.1) is 17.8 Å². The fourth-order valence-corrected chi connectivity index (χ4v) is 4.96. The zero-order valence-corrected chi connectivity index (χ0v) is 20.6. The van der Waals surface area contributed by atoms with Crippen LogP contribution in [0.2, 0.25) is 0 Å². The van der Waals surface area contributed by atoms with Crippen LogP contribution in [0.4, 0.5) is 10.1 Å². The largest absolute Gasteiger partial charge is 0.352 e. The first-order chi connectivity index (χ1) is 17.5. The molecule has 0 spiro atoms. The molecule has 1 aliphatic heterocycles. The van der Waals surface area contributed by atoms with Gasteiger partial charge < -0.3 is 20.1 Å². The van der Waals surface area contributed by atoms with Gasteiger partial charge in [0.2, 0.25) is 5.91 Å². The van der Waals surface area contributed by atoms with Crippen molar-refractivity contribution in [3.05, 3.63) is 114 Å². The highest BCUT2D eigenvalue weighted by Crippen LogP contribution is 2.39. The van der Waals surface area contributed by atoms with Gasteiger partial charge in [-0.2, -0.15) is 0 Å². The smallest absolute Gasteiger partial charge is 0.226 e. The molecule has 1 fully saturated rings. The SMILES string of the molecule is Cc1cccc(NC(=O)CCN2C(=S)NC(c3ccccn3)C2c2cccn2-c2cccc(F)c2)c1. The zero-order valence-electron chi connectivity index (χ0n) is 19.8. The van der Waals surface area contributed by atoms with Crippen LogP contribution in [0.15, 0.2) is 91.3 Å². The number of pyridine rings is 1. The summed E-state index contributed by atoms with van der Waals surface area (Å²) in [6.45, 7) is 2.39. The third-order valence-corrected chi connectivity index (χ3v) is 6.60. The molecule has 0 aliphatic carbocycles. The minimum absolute atomic E-state index is 0.0936. The van der Waals surface area contributed by atoms with Crippen LogP contribution in [0.3, 0.4) is 0 Å². The van der Waals surface area contributed by atoms with Crippen LogP contribution in [0.25, 0.3) is 5.69 Å². The summed E-state index contributed by atoms with van der Waals surface area (Å²) in [5.41, 5.74) is 4.31. The van der Waals surface area contributed by atoms with Gasteiger partial charge in [-0.05, 0) is 79.3 Å². The molecule has 1 amide bonds. The zero-order chi connectivity index (χ0) is 25.1. The Labute approximate surface area is 214 Å². The average molecular weight is 500 g/mol. The molecule has 0 radical (unpaired) electrons. The summed E-state index contributed by atoms with van der Waals surface area (Å²) >= 11 is 5.73. The minimum atomic E-state index is -0.307. The molecule has 5 rings (SSSR count). The maximum absolute atomic E-state index is 14.1. The van der Waals surface area contributed by atoms with E-state index >= 15 is 0 Å². The third-order valence-electron chi connectivity index (χ3n) is 6.25. The third kappa shape index (κ3) is 4.99. The van der Waals surface area contributed by atoms with Crippen LogP contribution < -0.4 is 10.6 Å². The van der Waals surface area contributed by atoms with Crippen molar-refractivity contribution in [2.75, 3.05) is 11.9 Å². The number of hydrogen-bond donors (Lipinski definition) is 2. The van der Waals surface area contributed by atoms with Gasteiger partial charge in [-0.25, -0.2) is 4.39 Å². The minimum Gasteiger partial charge on any atom is -0.352 e. The topological polar surface area (TPSA) is 62.2 Å². The number of aromatic nitrogens is 2. The first-order valence-corrected chi connectivity index (χ1v) is 12.2. The van der Waals surface area contributed by atoms with Crippen molar-refractivity contribution in [2.24, 2.45) is 0 Å². The van der Waals surface area contributed by atoms with E-state index in [1.165, 1.54) is 12.1 Å². The Balaban J connectivity index is 1.44. The lowest BCUT2D eigenvalue weighted by molar-refractivity contribution is -0.116. The van der Waals surface area contributed by atoms with Gasteiger partial charge in [0.25, 0.3) is 0 Å². The van der Waals surface area contributed by atoms with Crippen molar-refractivity contribution in [3.8, 4) is 5.69 Å². The number of carbonyl (C=O) groups is 1. The van der Waals surface area contributed by atoms with Crippen LogP contribution in [0.1, 0.15) is 35.5 Å². The number of aryl methyl sites for hydroxylation is 1. The number of carbonyl (C=O) groups excluding carboxylic acids is 1. The Morgan fingerprint density at radius 1 is 1.08 bits per heavy atom. The number of nitrogens with one attached hydrogen (secondary N) is 2. The van der Waals surface area contributed by atoms with Crippen LogP contribution in [0.5, 0.6) is 0 Å². The first kappa shape index (κ1) is 23.7. The van der Waals surface area contributed by atoms with Gasteiger partial charge in [-0.1, -0.05) is 24.3 Å². The molecule has 182 valence electrons. The van der Waals surface area contributed by atoms with Gasteiger partial charge >= 0.3 is 0 Å². The molecule has 36 heavy (non-hydrogen) atoms.